The molecule has 0 atom stereocenters. The van der Waals surface area contributed by atoms with Crippen LogP contribution in [0, 0.1) is 11.6 Å². The van der Waals surface area contributed by atoms with Crippen LogP contribution in [0.25, 0.3) is 0 Å². The van der Waals surface area contributed by atoms with E-state index in [9.17, 15) is 18.4 Å². The Morgan fingerprint density at radius 3 is 2.30 bits per heavy atom. The third kappa shape index (κ3) is 3.74. The van der Waals surface area contributed by atoms with Crippen molar-refractivity contribution in [2.75, 3.05) is 12.4 Å². The number of esters is 1. The molecule has 1 aliphatic carbocycles. The third-order valence-electron chi connectivity index (χ3n) is 5.00. The van der Waals surface area contributed by atoms with Crippen LogP contribution in [0.2, 0.25) is 0 Å². The Morgan fingerprint density at radius 1 is 1.07 bits per heavy atom. The van der Waals surface area contributed by atoms with E-state index in [4.69, 9.17) is 0 Å². The van der Waals surface area contributed by atoms with Gasteiger partial charge >= 0.3 is 5.97 Å². The molecular formula is C20H18BrF2NO3. The van der Waals surface area contributed by atoms with Crippen LogP contribution in [0.1, 0.15) is 41.6 Å². The van der Waals surface area contributed by atoms with Crippen LogP contribution >= 0.6 is 15.9 Å². The van der Waals surface area contributed by atoms with Crippen LogP contribution in [-0.2, 0) is 14.9 Å². The molecule has 1 fully saturated rings. The molecule has 1 aliphatic rings. The van der Waals surface area contributed by atoms with Crippen LogP contribution < -0.4 is 5.32 Å². The number of halogens is 3. The maximum absolute atomic E-state index is 14.2. The number of amides is 1. The zero-order chi connectivity index (χ0) is 19.6. The first-order valence-corrected chi connectivity index (χ1v) is 9.31. The van der Waals surface area contributed by atoms with Crippen LogP contribution in [0.4, 0.5) is 14.5 Å². The molecule has 0 spiro atoms. The molecule has 0 radical (unpaired) electrons. The maximum Gasteiger partial charge on any atom is 0.340 e. The number of carbonyl (C=O) groups excluding carboxylic acids is 2. The van der Waals surface area contributed by atoms with Crippen LogP contribution in [0.3, 0.4) is 0 Å². The van der Waals surface area contributed by atoms with Crippen LogP contribution in [0.5, 0.6) is 0 Å². The molecule has 0 aromatic heterocycles. The molecular weight excluding hydrogens is 420 g/mol. The topological polar surface area (TPSA) is 55.4 Å². The number of methoxy groups -OCH3 is 1. The van der Waals surface area contributed by atoms with Gasteiger partial charge in [-0.3, -0.25) is 4.79 Å². The molecule has 2 aromatic carbocycles. The molecule has 1 amide bonds. The minimum atomic E-state index is -1.04. The summed E-state index contributed by atoms with van der Waals surface area (Å²) < 4.78 is 33.4. The molecule has 3 rings (SSSR count). The van der Waals surface area contributed by atoms with Gasteiger partial charge in [-0.1, -0.05) is 40.9 Å². The quantitative estimate of drug-likeness (QED) is 0.687. The smallest absolute Gasteiger partial charge is 0.340 e. The highest BCUT2D eigenvalue weighted by Crippen LogP contribution is 2.42. The average molecular weight is 438 g/mol. The van der Waals surface area contributed by atoms with Gasteiger partial charge < -0.3 is 10.1 Å². The van der Waals surface area contributed by atoms with Gasteiger partial charge in [0.05, 0.1) is 23.8 Å². The largest absolute Gasteiger partial charge is 0.465 e. The van der Waals surface area contributed by atoms with E-state index >= 15 is 0 Å². The lowest BCUT2D eigenvalue weighted by Crippen LogP contribution is -2.38. The van der Waals surface area contributed by atoms with Gasteiger partial charge in [0.2, 0.25) is 5.91 Å². The molecule has 4 nitrogen and oxygen atoms in total. The third-order valence-corrected chi connectivity index (χ3v) is 5.53. The zero-order valence-electron chi connectivity index (χ0n) is 14.7. The number of ether oxygens (including phenoxy) is 1. The number of anilines is 1. The molecule has 2 aromatic rings. The van der Waals surface area contributed by atoms with Gasteiger partial charge in [-0.15, -0.1) is 0 Å². The molecule has 0 saturated heterocycles. The normalized spacial score (nSPS) is 15.4. The zero-order valence-corrected chi connectivity index (χ0v) is 16.2. The molecule has 0 bridgehead atoms. The van der Waals surface area contributed by atoms with Gasteiger partial charge in [0.1, 0.15) is 11.6 Å². The summed E-state index contributed by atoms with van der Waals surface area (Å²) in [5.74, 6) is -3.30. The highest BCUT2D eigenvalue weighted by atomic mass is 79.9. The van der Waals surface area contributed by atoms with Crippen molar-refractivity contribution in [3.8, 4) is 0 Å². The predicted molar refractivity (Wildman–Crippen MR) is 101 cm³/mol. The number of benzene rings is 2. The standard InChI is InChI=1S/C20H18BrF2NO3/c1-27-18(25)14-10-17(16(23)11-15(14)22)24-19(26)20(8-2-3-9-20)12-4-6-13(21)7-5-12/h4-7,10-11H,2-3,8-9H2,1H3,(H,24,26). The lowest BCUT2D eigenvalue weighted by Gasteiger charge is -2.28. The predicted octanol–water partition coefficient (Wildman–Crippen LogP) is 4.96. The van der Waals surface area contributed by atoms with E-state index in [1.54, 1.807) is 0 Å². The fraction of sp³-hybridized carbons (Fsp3) is 0.300. The van der Waals surface area contributed by atoms with Crippen molar-refractivity contribution >= 4 is 33.5 Å². The number of hydrogen-bond acceptors (Lipinski definition) is 3. The summed E-state index contributed by atoms with van der Waals surface area (Å²) in [6.45, 7) is 0. The molecule has 1 saturated carbocycles. The second-order valence-electron chi connectivity index (χ2n) is 6.55. The van der Waals surface area contributed by atoms with E-state index in [0.29, 0.717) is 18.9 Å². The Kier molecular flexibility index (Phi) is 5.60. The van der Waals surface area contributed by atoms with Crippen molar-refractivity contribution in [2.24, 2.45) is 0 Å². The van der Waals surface area contributed by atoms with E-state index in [0.717, 1.165) is 36.1 Å². The number of hydrogen-bond donors (Lipinski definition) is 1. The minimum absolute atomic E-state index is 0.245. The maximum atomic E-state index is 14.2. The lowest BCUT2D eigenvalue weighted by molar-refractivity contribution is -0.121. The summed E-state index contributed by atoms with van der Waals surface area (Å²) in [5, 5.41) is 2.55. The molecule has 1 N–H and O–H groups in total. The summed E-state index contributed by atoms with van der Waals surface area (Å²) in [5.41, 5.74) is -0.618. The average Bonchev–Trinajstić information content (AvgIpc) is 3.15. The fourth-order valence-electron chi connectivity index (χ4n) is 3.55. The Bertz CT molecular complexity index is 878. The van der Waals surface area contributed by atoms with E-state index < -0.39 is 28.6 Å². The van der Waals surface area contributed by atoms with Gasteiger partial charge in [-0.2, -0.15) is 0 Å². The number of rotatable bonds is 4. The van der Waals surface area contributed by atoms with Gasteiger partial charge in [-0.25, -0.2) is 13.6 Å². The first kappa shape index (κ1) is 19.5. The Labute approximate surface area is 164 Å². The second-order valence-corrected chi connectivity index (χ2v) is 7.47. The van der Waals surface area contributed by atoms with Gasteiger partial charge in [-0.05, 0) is 36.6 Å². The number of carbonyl (C=O) groups is 2. The monoisotopic (exact) mass is 437 g/mol. The molecule has 142 valence electrons. The van der Waals surface area contributed by atoms with Crippen molar-refractivity contribution in [1.82, 2.24) is 0 Å². The van der Waals surface area contributed by atoms with E-state index in [1.165, 1.54) is 0 Å². The minimum Gasteiger partial charge on any atom is -0.465 e. The molecule has 27 heavy (non-hydrogen) atoms. The summed E-state index contributed by atoms with van der Waals surface area (Å²) in [7, 11) is 1.10. The first-order valence-electron chi connectivity index (χ1n) is 8.52. The van der Waals surface area contributed by atoms with Crippen molar-refractivity contribution in [1.29, 1.82) is 0 Å². The van der Waals surface area contributed by atoms with Crippen molar-refractivity contribution < 1.29 is 23.1 Å². The number of nitrogens with one attached hydrogen (secondary N) is 1. The molecule has 0 aliphatic heterocycles. The van der Waals surface area contributed by atoms with Crippen molar-refractivity contribution in [2.45, 2.75) is 31.1 Å². The summed E-state index contributed by atoms with van der Waals surface area (Å²) in [6, 6.07) is 9.00. The van der Waals surface area contributed by atoms with E-state index in [1.807, 2.05) is 24.3 Å². The Balaban J connectivity index is 1.95. The molecule has 7 heteroatoms. The molecule has 0 heterocycles. The van der Waals surface area contributed by atoms with Gasteiger partial charge in [0, 0.05) is 10.5 Å². The SMILES string of the molecule is COC(=O)c1cc(NC(=O)C2(c3ccc(Br)cc3)CCCC2)c(F)cc1F. The summed E-state index contributed by atoms with van der Waals surface area (Å²) >= 11 is 3.38. The second kappa shape index (κ2) is 7.76. The molecule has 0 unspecified atom stereocenters. The Hall–Kier alpha value is -2.28. The highest BCUT2D eigenvalue weighted by Gasteiger charge is 2.43. The first-order chi connectivity index (χ1) is 12.9. The van der Waals surface area contributed by atoms with Gasteiger partial charge in [0.15, 0.2) is 0 Å². The van der Waals surface area contributed by atoms with Crippen molar-refractivity contribution in [3.63, 3.8) is 0 Å². The highest BCUT2D eigenvalue weighted by molar-refractivity contribution is 9.10. The van der Waals surface area contributed by atoms with Crippen LogP contribution in [-0.4, -0.2) is 19.0 Å². The van der Waals surface area contributed by atoms with Crippen LogP contribution in [0.15, 0.2) is 40.9 Å². The summed E-state index contributed by atoms with van der Waals surface area (Å²) in [6.07, 6.45) is 3.02. The van der Waals surface area contributed by atoms with Crippen molar-refractivity contribution in [3.05, 3.63) is 63.6 Å². The lowest BCUT2D eigenvalue weighted by atomic mass is 9.78. The van der Waals surface area contributed by atoms with Gasteiger partial charge in [0.25, 0.3) is 0 Å². The summed E-state index contributed by atoms with van der Waals surface area (Å²) in [4.78, 5) is 24.8. The fourth-order valence-corrected chi connectivity index (χ4v) is 3.81. The van der Waals surface area contributed by atoms with E-state index in [-0.39, 0.29) is 11.6 Å². The van der Waals surface area contributed by atoms with E-state index in [2.05, 4.69) is 26.0 Å². The Morgan fingerprint density at radius 2 is 1.70 bits per heavy atom.